The van der Waals surface area contributed by atoms with Crippen molar-refractivity contribution in [3.05, 3.63) is 53.5 Å². The number of aryl methyl sites for hydroxylation is 1. The molecule has 1 aliphatic rings. The Kier molecular flexibility index (Phi) is 7.20. The highest BCUT2D eigenvalue weighted by Gasteiger charge is 2.16. The van der Waals surface area contributed by atoms with Crippen LogP contribution in [0.15, 0.2) is 48.0 Å². The minimum Gasteiger partial charge on any atom is -0.355 e. The number of piperidine rings is 1. The molecule has 3 aromatic rings. The van der Waals surface area contributed by atoms with Crippen molar-refractivity contribution in [1.82, 2.24) is 19.8 Å². The number of benzene rings is 1. The summed E-state index contributed by atoms with van der Waals surface area (Å²) in [6.07, 6.45) is 5.60. The summed E-state index contributed by atoms with van der Waals surface area (Å²) >= 11 is 1.62. The number of rotatable bonds is 8. The molecule has 1 atom stereocenters. The minimum atomic E-state index is 0.0553. The van der Waals surface area contributed by atoms with Gasteiger partial charge in [-0.1, -0.05) is 36.8 Å². The van der Waals surface area contributed by atoms with Crippen LogP contribution in [0.2, 0.25) is 0 Å². The first-order valence-corrected chi connectivity index (χ1v) is 12.1. The van der Waals surface area contributed by atoms with Gasteiger partial charge in [-0.05, 0) is 57.3 Å². The van der Waals surface area contributed by atoms with E-state index < -0.39 is 0 Å². The molecule has 0 saturated carbocycles. The Hall–Kier alpha value is -2.44. The zero-order chi connectivity index (χ0) is 21.6. The molecule has 0 bridgehead atoms. The molecule has 1 unspecified atom stereocenters. The van der Waals surface area contributed by atoms with Crippen LogP contribution in [-0.2, 0) is 11.3 Å². The van der Waals surface area contributed by atoms with Gasteiger partial charge in [0.05, 0.1) is 11.4 Å². The summed E-state index contributed by atoms with van der Waals surface area (Å²) in [5, 5.41) is 6.10. The number of aromatic nitrogens is 2. The van der Waals surface area contributed by atoms with E-state index in [9.17, 15) is 4.79 Å². The third-order valence-electron chi connectivity index (χ3n) is 5.93. The second-order valence-electron chi connectivity index (χ2n) is 8.68. The van der Waals surface area contributed by atoms with Crippen molar-refractivity contribution >= 4 is 17.2 Å². The predicted molar refractivity (Wildman–Crippen MR) is 128 cm³/mol. The molecule has 31 heavy (non-hydrogen) atoms. The molecule has 0 radical (unpaired) electrons. The highest BCUT2D eigenvalue weighted by Crippen LogP contribution is 2.29. The summed E-state index contributed by atoms with van der Waals surface area (Å²) in [4.78, 5) is 19.8. The first kappa shape index (κ1) is 21.8. The molecule has 3 heterocycles. The topological polar surface area (TPSA) is 50.2 Å². The lowest BCUT2D eigenvalue weighted by Gasteiger charge is -2.30. The lowest BCUT2D eigenvalue weighted by molar-refractivity contribution is -0.121. The van der Waals surface area contributed by atoms with Crippen molar-refractivity contribution < 1.29 is 4.79 Å². The maximum atomic E-state index is 12.5. The molecule has 1 amide bonds. The van der Waals surface area contributed by atoms with E-state index in [1.807, 2.05) is 22.9 Å². The molecule has 1 aromatic carbocycles. The highest BCUT2D eigenvalue weighted by atomic mass is 32.1. The summed E-state index contributed by atoms with van der Waals surface area (Å²) in [5.74, 6) is 0.854. The molecule has 5 nitrogen and oxygen atoms in total. The van der Waals surface area contributed by atoms with Gasteiger partial charge in [0.25, 0.3) is 0 Å². The standard InChI is InChI=1S/C25H32N4OS/c1-19-8-10-21(11-9-19)22-18-31-25(27-22)23-7-4-15-29(23)17-24(30)26-12-5-14-28-13-3-6-20(2)16-28/h4,7-11,15,18,20H,3,5-6,12-14,16-17H2,1-2H3,(H,26,30). The third-order valence-corrected chi connectivity index (χ3v) is 6.79. The molecule has 1 N–H and O–H groups in total. The molecule has 2 aromatic heterocycles. The average molecular weight is 437 g/mol. The van der Waals surface area contributed by atoms with Gasteiger partial charge in [0.1, 0.15) is 11.6 Å². The van der Waals surface area contributed by atoms with Gasteiger partial charge >= 0.3 is 0 Å². The first-order chi connectivity index (χ1) is 15.1. The smallest absolute Gasteiger partial charge is 0.239 e. The van der Waals surface area contributed by atoms with Crippen LogP contribution in [-0.4, -0.2) is 46.5 Å². The van der Waals surface area contributed by atoms with E-state index >= 15 is 0 Å². The van der Waals surface area contributed by atoms with E-state index in [0.717, 1.165) is 47.4 Å². The number of amides is 1. The van der Waals surface area contributed by atoms with Crippen LogP contribution in [0.3, 0.4) is 0 Å². The number of thiazole rings is 1. The number of nitrogens with one attached hydrogen (secondary N) is 1. The fourth-order valence-electron chi connectivity index (χ4n) is 4.23. The van der Waals surface area contributed by atoms with Crippen molar-refractivity contribution in [3.63, 3.8) is 0 Å². The number of carbonyl (C=O) groups excluding carboxylic acids is 1. The Balaban J connectivity index is 1.29. The van der Waals surface area contributed by atoms with Gasteiger partial charge in [-0.15, -0.1) is 11.3 Å². The largest absolute Gasteiger partial charge is 0.355 e. The summed E-state index contributed by atoms with van der Waals surface area (Å²) < 4.78 is 1.99. The third kappa shape index (κ3) is 5.83. The molecule has 0 spiro atoms. The van der Waals surface area contributed by atoms with Crippen molar-refractivity contribution in [2.45, 2.75) is 39.7 Å². The number of nitrogens with zero attached hydrogens (tertiary/aromatic N) is 3. The maximum Gasteiger partial charge on any atom is 0.239 e. The van der Waals surface area contributed by atoms with E-state index in [4.69, 9.17) is 4.98 Å². The summed E-state index contributed by atoms with van der Waals surface area (Å²) in [7, 11) is 0. The van der Waals surface area contributed by atoms with E-state index in [0.29, 0.717) is 6.54 Å². The monoisotopic (exact) mass is 436 g/mol. The second kappa shape index (κ2) is 10.2. The van der Waals surface area contributed by atoms with Gasteiger partial charge in [0, 0.05) is 30.2 Å². The Morgan fingerprint density at radius 3 is 2.90 bits per heavy atom. The quantitative estimate of drug-likeness (QED) is 0.515. The van der Waals surface area contributed by atoms with Crippen molar-refractivity contribution in [3.8, 4) is 22.0 Å². The molecule has 1 aliphatic heterocycles. The van der Waals surface area contributed by atoms with Gasteiger partial charge in [0.2, 0.25) is 5.91 Å². The average Bonchev–Trinajstić information content (AvgIpc) is 3.41. The van der Waals surface area contributed by atoms with E-state index in [2.05, 4.69) is 53.7 Å². The Labute approximate surface area is 189 Å². The van der Waals surface area contributed by atoms with Crippen LogP contribution < -0.4 is 5.32 Å². The van der Waals surface area contributed by atoms with Gasteiger partial charge in [0.15, 0.2) is 0 Å². The Morgan fingerprint density at radius 1 is 1.26 bits per heavy atom. The molecule has 6 heteroatoms. The fraction of sp³-hybridized carbons (Fsp3) is 0.440. The molecule has 0 aliphatic carbocycles. The zero-order valence-electron chi connectivity index (χ0n) is 18.5. The molecular weight excluding hydrogens is 404 g/mol. The number of likely N-dealkylation sites (tertiary alicyclic amines) is 1. The van der Waals surface area contributed by atoms with Crippen LogP contribution in [0.1, 0.15) is 31.7 Å². The lowest BCUT2D eigenvalue weighted by atomic mass is 10.0. The number of carbonyl (C=O) groups is 1. The normalized spacial score (nSPS) is 17.0. The fourth-order valence-corrected chi connectivity index (χ4v) is 5.09. The maximum absolute atomic E-state index is 12.5. The van der Waals surface area contributed by atoms with Crippen molar-refractivity contribution in [2.24, 2.45) is 5.92 Å². The molecular formula is C25H32N4OS. The van der Waals surface area contributed by atoms with Crippen LogP contribution in [0, 0.1) is 12.8 Å². The zero-order valence-corrected chi connectivity index (χ0v) is 19.3. The summed E-state index contributed by atoms with van der Waals surface area (Å²) in [6.45, 7) is 8.93. The highest BCUT2D eigenvalue weighted by molar-refractivity contribution is 7.13. The molecule has 1 saturated heterocycles. The van der Waals surface area contributed by atoms with Gasteiger partial charge in [-0.3, -0.25) is 4.79 Å². The van der Waals surface area contributed by atoms with Crippen LogP contribution >= 0.6 is 11.3 Å². The molecule has 1 fully saturated rings. The van der Waals surface area contributed by atoms with Gasteiger partial charge in [-0.25, -0.2) is 4.98 Å². The Bertz CT molecular complexity index is 991. The predicted octanol–water partition coefficient (Wildman–Crippen LogP) is 4.83. The molecule has 164 valence electrons. The molecule has 4 rings (SSSR count). The first-order valence-electron chi connectivity index (χ1n) is 11.3. The van der Waals surface area contributed by atoms with E-state index in [1.54, 1.807) is 11.3 Å². The Morgan fingerprint density at radius 2 is 2.10 bits per heavy atom. The number of hydrogen-bond acceptors (Lipinski definition) is 4. The van der Waals surface area contributed by atoms with Gasteiger partial charge < -0.3 is 14.8 Å². The van der Waals surface area contributed by atoms with Crippen LogP contribution in [0.4, 0.5) is 0 Å². The van der Waals surface area contributed by atoms with Crippen molar-refractivity contribution in [2.75, 3.05) is 26.2 Å². The minimum absolute atomic E-state index is 0.0553. The van der Waals surface area contributed by atoms with Crippen LogP contribution in [0.5, 0.6) is 0 Å². The van der Waals surface area contributed by atoms with Crippen molar-refractivity contribution in [1.29, 1.82) is 0 Å². The number of hydrogen-bond donors (Lipinski definition) is 1. The van der Waals surface area contributed by atoms with E-state index in [-0.39, 0.29) is 5.91 Å². The van der Waals surface area contributed by atoms with E-state index in [1.165, 1.54) is 31.5 Å². The second-order valence-corrected chi connectivity index (χ2v) is 9.53. The summed E-state index contributed by atoms with van der Waals surface area (Å²) in [5.41, 5.74) is 4.32. The SMILES string of the molecule is Cc1ccc(-c2csc(-c3cccn3CC(=O)NCCCN3CCCC(C)C3)n2)cc1. The van der Waals surface area contributed by atoms with Gasteiger partial charge in [-0.2, -0.15) is 0 Å². The van der Waals surface area contributed by atoms with Crippen LogP contribution in [0.25, 0.3) is 22.0 Å². The summed E-state index contributed by atoms with van der Waals surface area (Å²) in [6, 6.07) is 12.4. The lowest BCUT2D eigenvalue weighted by Crippen LogP contribution is -2.37.